The lowest BCUT2D eigenvalue weighted by molar-refractivity contribution is -0.119. The van der Waals surface area contributed by atoms with Crippen LogP contribution in [-0.4, -0.2) is 12.5 Å². The zero-order valence-corrected chi connectivity index (χ0v) is 14.1. The van der Waals surface area contributed by atoms with E-state index in [1.807, 2.05) is 48.2 Å². The Hall–Kier alpha value is -2.55. The van der Waals surface area contributed by atoms with Crippen LogP contribution in [0.5, 0.6) is 0 Å². The first kappa shape index (κ1) is 15.0. The van der Waals surface area contributed by atoms with Crippen molar-refractivity contribution in [2.75, 3.05) is 11.4 Å². The second-order valence-electron chi connectivity index (χ2n) is 6.25. The second-order valence-corrected chi connectivity index (χ2v) is 6.25. The van der Waals surface area contributed by atoms with Crippen LogP contribution in [-0.2, 0) is 17.6 Å². The molecule has 1 aliphatic rings. The van der Waals surface area contributed by atoms with Gasteiger partial charge >= 0.3 is 0 Å². The van der Waals surface area contributed by atoms with Crippen molar-refractivity contribution in [2.45, 2.75) is 32.6 Å². The monoisotopic (exact) mass is 319 g/mol. The standard InChI is InChI=1S/C21H21NO2/c1-3-19-16(15-10-6-8-12-20(15)24-19)13-17-14-9-5-7-11-18(14)22(4-2)21(17)23/h5-12,17H,3-4,13H2,1-2H3. The third kappa shape index (κ3) is 2.15. The molecule has 0 spiro atoms. The number of furan rings is 1. The van der Waals surface area contributed by atoms with E-state index in [0.717, 1.165) is 34.4 Å². The normalized spacial score (nSPS) is 16.8. The molecule has 1 aromatic heterocycles. The summed E-state index contributed by atoms with van der Waals surface area (Å²) in [5.74, 6) is 1.08. The molecule has 2 heterocycles. The lowest BCUT2D eigenvalue weighted by Gasteiger charge is -2.15. The Balaban J connectivity index is 1.80. The van der Waals surface area contributed by atoms with Crippen molar-refractivity contribution < 1.29 is 9.21 Å². The molecule has 1 unspecified atom stereocenters. The third-order valence-electron chi connectivity index (χ3n) is 4.99. The Morgan fingerprint density at radius 3 is 2.58 bits per heavy atom. The number of carbonyl (C=O) groups is 1. The van der Waals surface area contributed by atoms with Crippen LogP contribution in [0.1, 0.15) is 36.7 Å². The quantitative estimate of drug-likeness (QED) is 0.699. The number of aryl methyl sites for hydroxylation is 1. The predicted molar refractivity (Wildman–Crippen MR) is 96.5 cm³/mol. The van der Waals surface area contributed by atoms with Crippen LogP contribution < -0.4 is 4.90 Å². The van der Waals surface area contributed by atoms with Gasteiger partial charge in [0.15, 0.2) is 0 Å². The molecule has 0 radical (unpaired) electrons. The molecule has 1 amide bonds. The number of rotatable bonds is 4. The molecule has 4 rings (SSSR count). The topological polar surface area (TPSA) is 33.5 Å². The van der Waals surface area contributed by atoms with Crippen LogP contribution in [0.3, 0.4) is 0 Å². The van der Waals surface area contributed by atoms with Gasteiger partial charge in [-0.25, -0.2) is 0 Å². The highest BCUT2D eigenvalue weighted by Gasteiger charge is 2.37. The summed E-state index contributed by atoms with van der Waals surface area (Å²) in [4.78, 5) is 14.8. The van der Waals surface area contributed by atoms with Gasteiger partial charge in [-0.05, 0) is 31.0 Å². The lowest BCUT2D eigenvalue weighted by Crippen LogP contribution is -2.29. The lowest BCUT2D eigenvalue weighted by atomic mass is 9.91. The number of hydrogen-bond donors (Lipinski definition) is 0. The highest BCUT2D eigenvalue weighted by atomic mass is 16.3. The van der Waals surface area contributed by atoms with Crippen LogP contribution in [0.4, 0.5) is 5.69 Å². The minimum atomic E-state index is -0.118. The van der Waals surface area contributed by atoms with E-state index in [4.69, 9.17) is 4.42 Å². The van der Waals surface area contributed by atoms with Gasteiger partial charge in [-0.15, -0.1) is 0 Å². The van der Waals surface area contributed by atoms with Gasteiger partial charge in [0.2, 0.25) is 5.91 Å². The fourth-order valence-corrected chi connectivity index (χ4v) is 3.85. The van der Waals surface area contributed by atoms with Gasteiger partial charge in [0.25, 0.3) is 0 Å². The average Bonchev–Trinajstić information content (AvgIpc) is 3.11. The first-order valence-corrected chi connectivity index (χ1v) is 8.64. The molecule has 0 saturated heterocycles. The maximum Gasteiger partial charge on any atom is 0.234 e. The van der Waals surface area contributed by atoms with Crippen molar-refractivity contribution in [2.24, 2.45) is 0 Å². The van der Waals surface area contributed by atoms with Gasteiger partial charge in [0, 0.05) is 29.6 Å². The summed E-state index contributed by atoms with van der Waals surface area (Å²) in [5, 5.41) is 1.13. The van der Waals surface area contributed by atoms with Crippen molar-refractivity contribution in [3.8, 4) is 0 Å². The van der Waals surface area contributed by atoms with Crippen LogP contribution in [0.15, 0.2) is 52.9 Å². The van der Waals surface area contributed by atoms with Crippen molar-refractivity contribution in [1.29, 1.82) is 0 Å². The highest BCUT2D eigenvalue weighted by molar-refractivity contribution is 6.05. The summed E-state index contributed by atoms with van der Waals surface area (Å²) in [5.41, 5.74) is 4.28. The maximum atomic E-state index is 13.0. The number of nitrogens with zero attached hydrogens (tertiary/aromatic N) is 1. The van der Waals surface area contributed by atoms with E-state index in [-0.39, 0.29) is 11.8 Å². The van der Waals surface area contributed by atoms with E-state index in [1.165, 1.54) is 5.56 Å². The first-order chi connectivity index (χ1) is 11.7. The molecular weight excluding hydrogens is 298 g/mol. The van der Waals surface area contributed by atoms with E-state index in [2.05, 4.69) is 19.1 Å². The minimum absolute atomic E-state index is 0.118. The summed E-state index contributed by atoms with van der Waals surface area (Å²) in [6.07, 6.45) is 1.54. The molecule has 2 aromatic carbocycles. The van der Waals surface area contributed by atoms with Gasteiger partial charge in [-0.1, -0.05) is 43.3 Å². The summed E-state index contributed by atoms with van der Waals surface area (Å²) in [7, 11) is 0. The molecular formula is C21H21NO2. The number of likely N-dealkylation sites (N-methyl/N-ethyl adjacent to an activating group) is 1. The molecule has 1 aliphatic heterocycles. The number of amides is 1. The van der Waals surface area contributed by atoms with Gasteiger partial charge < -0.3 is 9.32 Å². The summed E-state index contributed by atoms with van der Waals surface area (Å²) >= 11 is 0. The van der Waals surface area contributed by atoms with Crippen molar-refractivity contribution >= 4 is 22.6 Å². The molecule has 0 saturated carbocycles. The number of para-hydroxylation sites is 2. The van der Waals surface area contributed by atoms with Crippen molar-refractivity contribution in [3.63, 3.8) is 0 Å². The summed E-state index contributed by atoms with van der Waals surface area (Å²) in [6, 6.07) is 16.3. The largest absolute Gasteiger partial charge is 0.461 e. The molecule has 1 atom stereocenters. The smallest absolute Gasteiger partial charge is 0.234 e. The summed E-state index contributed by atoms with van der Waals surface area (Å²) < 4.78 is 6.01. The van der Waals surface area contributed by atoms with Crippen LogP contribution in [0, 0.1) is 0 Å². The molecule has 24 heavy (non-hydrogen) atoms. The number of benzene rings is 2. The fourth-order valence-electron chi connectivity index (χ4n) is 3.85. The van der Waals surface area contributed by atoms with Gasteiger partial charge in [0.1, 0.15) is 11.3 Å². The first-order valence-electron chi connectivity index (χ1n) is 8.64. The summed E-state index contributed by atoms with van der Waals surface area (Å²) in [6.45, 7) is 4.84. The van der Waals surface area contributed by atoms with Crippen molar-refractivity contribution in [1.82, 2.24) is 0 Å². The Morgan fingerprint density at radius 1 is 1.04 bits per heavy atom. The molecule has 0 N–H and O–H groups in total. The average molecular weight is 319 g/mol. The van der Waals surface area contributed by atoms with Crippen LogP contribution in [0.25, 0.3) is 11.0 Å². The van der Waals surface area contributed by atoms with Crippen LogP contribution in [0.2, 0.25) is 0 Å². The van der Waals surface area contributed by atoms with E-state index in [1.54, 1.807) is 0 Å². The molecule has 0 fully saturated rings. The number of hydrogen-bond acceptors (Lipinski definition) is 2. The van der Waals surface area contributed by atoms with Gasteiger partial charge in [-0.3, -0.25) is 4.79 Å². The maximum absolute atomic E-state index is 13.0. The van der Waals surface area contributed by atoms with E-state index < -0.39 is 0 Å². The van der Waals surface area contributed by atoms with E-state index in [0.29, 0.717) is 13.0 Å². The van der Waals surface area contributed by atoms with Crippen LogP contribution >= 0.6 is 0 Å². The Morgan fingerprint density at radius 2 is 1.79 bits per heavy atom. The SMILES string of the molecule is CCc1oc2ccccc2c1CC1C(=O)N(CC)c2ccccc21. The number of anilines is 1. The molecule has 3 nitrogen and oxygen atoms in total. The van der Waals surface area contributed by atoms with E-state index >= 15 is 0 Å². The number of fused-ring (bicyclic) bond motifs is 2. The van der Waals surface area contributed by atoms with Crippen molar-refractivity contribution in [3.05, 3.63) is 65.4 Å². The highest BCUT2D eigenvalue weighted by Crippen LogP contribution is 2.40. The number of carbonyl (C=O) groups excluding carboxylic acids is 1. The molecule has 0 aliphatic carbocycles. The zero-order chi connectivity index (χ0) is 16.7. The molecule has 0 bridgehead atoms. The fraction of sp³-hybridized carbons (Fsp3) is 0.286. The Kier molecular flexibility index (Phi) is 3.64. The third-order valence-corrected chi connectivity index (χ3v) is 4.99. The van der Waals surface area contributed by atoms with Gasteiger partial charge in [0.05, 0.1) is 5.92 Å². The van der Waals surface area contributed by atoms with Gasteiger partial charge in [-0.2, -0.15) is 0 Å². The second kappa shape index (κ2) is 5.82. The Bertz CT molecular complexity index is 909. The Labute approximate surface area is 141 Å². The molecule has 3 aromatic rings. The van der Waals surface area contributed by atoms with E-state index in [9.17, 15) is 4.79 Å². The predicted octanol–water partition coefficient (Wildman–Crippen LogP) is 4.69. The zero-order valence-electron chi connectivity index (χ0n) is 14.1. The molecule has 122 valence electrons. The minimum Gasteiger partial charge on any atom is -0.461 e. The molecule has 3 heteroatoms.